The second kappa shape index (κ2) is 10.3. The summed E-state index contributed by atoms with van der Waals surface area (Å²) >= 11 is -1.08. The summed E-state index contributed by atoms with van der Waals surface area (Å²) in [5.41, 5.74) is 13.0. The Morgan fingerprint density at radius 3 is 1.16 bits per heavy atom. The fourth-order valence-corrected chi connectivity index (χ4v) is 7.80. The molecule has 0 aliphatic heterocycles. The number of allylic oxidation sites excluding steroid dienone is 10. The molecule has 0 fully saturated rings. The van der Waals surface area contributed by atoms with E-state index in [0.717, 1.165) is 0 Å². The van der Waals surface area contributed by atoms with Crippen molar-refractivity contribution in [3.05, 3.63) is 125 Å². The van der Waals surface area contributed by atoms with Gasteiger partial charge in [0.2, 0.25) is 0 Å². The van der Waals surface area contributed by atoms with E-state index in [2.05, 4.69) is 102 Å². The van der Waals surface area contributed by atoms with Crippen LogP contribution >= 0.6 is 24.8 Å². The van der Waals surface area contributed by atoms with Gasteiger partial charge < -0.3 is 0 Å². The van der Waals surface area contributed by atoms with E-state index in [1.165, 1.54) is 62.2 Å². The molecular weight excluding hydrogens is 498 g/mol. The van der Waals surface area contributed by atoms with Crippen molar-refractivity contribution in [1.29, 1.82) is 0 Å². The van der Waals surface area contributed by atoms with Crippen molar-refractivity contribution in [2.45, 2.75) is 27.7 Å². The van der Waals surface area contributed by atoms with Gasteiger partial charge in [-0.15, -0.1) is 24.8 Å². The molecule has 0 atom stereocenters. The summed E-state index contributed by atoms with van der Waals surface area (Å²) in [4.78, 5) is 0. The predicted molar refractivity (Wildman–Crippen MR) is 137 cm³/mol. The van der Waals surface area contributed by atoms with Crippen molar-refractivity contribution in [2.75, 3.05) is 0 Å². The molecule has 3 heteroatoms. The van der Waals surface area contributed by atoms with Gasteiger partial charge in [0.25, 0.3) is 0 Å². The molecule has 0 aromatic heterocycles. The van der Waals surface area contributed by atoms with Crippen LogP contribution in [0.1, 0.15) is 33.4 Å². The molecule has 0 saturated carbocycles. The Hall–Kier alpha value is -1.66. The maximum Gasteiger partial charge on any atom is -0.147 e. The Balaban J connectivity index is 0.00000171. The molecule has 158 valence electrons. The van der Waals surface area contributed by atoms with Crippen molar-refractivity contribution in [2.24, 2.45) is 0 Å². The Labute approximate surface area is 210 Å². The number of benzene rings is 2. The molecule has 4 rings (SSSR count). The maximum absolute atomic E-state index is 4.37. The summed E-state index contributed by atoms with van der Waals surface area (Å²) in [6, 6.07) is 13.7. The standard InChI is InChI=1S/2C14H13.2ClH.Zr/c2*1-10-4-5-13(7-10)14-8-11(2)6-12(3)9-14;;;/h2*4-6,8-9H,1H2,2-3H3;2*1H;. The average molecular weight is 527 g/mol. The van der Waals surface area contributed by atoms with Gasteiger partial charge in [-0.25, -0.2) is 0 Å². The number of rotatable bonds is 4. The number of hydrogen-bond donors (Lipinski definition) is 0. The smallest absolute Gasteiger partial charge is 0.147 e. The third-order valence-corrected chi connectivity index (χ3v) is 9.53. The molecule has 0 unspecified atom stereocenters. The minimum atomic E-state index is -1.08. The van der Waals surface area contributed by atoms with Crippen LogP contribution in [0, 0.1) is 27.7 Å². The fourth-order valence-electron chi connectivity index (χ4n) is 4.21. The van der Waals surface area contributed by atoms with Crippen LogP contribution in [0.3, 0.4) is 0 Å². The Morgan fingerprint density at radius 2 is 0.839 bits per heavy atom. The Kier molecular flexibility index (Phi) is 8.51. The van der Waals surface area contributed by atoms with Gasteiger partial charge in [0.1, 0.15) is 0 Å². The van der Waals surface area contributed by atoms with Gasteiger partial charge in [-0.1, -0.05) is 0 Å². The van der Waals surface area contributed by atoms with Crippen molar-refractivity contribution >= 4 is 36.0 Å². The maximum atomic E-state index is 4.37. The number of halogens is 2. The van der Waals surface area contributed by atoms with Gasteiger partial charge in [-0.3, -0.25) is 0 Å². The molecular formula is C28H28Cl2Zr. The topological polar surface area (TPSA) is 0 Å². The first-order valence-electron chi connectivity index (χ1n) is 9.99. The van der Waals surface area contributed by atoms with Gasteiger partial charge in [0, 0.05) is 0 Å². The van der Waals surface area contributed by atoms with E-state index in [-0.39, 0.29) is 24.8 Å². The summed E-state index contributed by atoms with van der Waals surface area (Å²) in [6.07, 6.45) is 8.89. The van der Waals surface area contributed by atoms with Gasteiger partial charge in [-0.2, -0.15) is 0 Å². The summed E-state index contributed by atoms with van der Waals surface area (Å²) in [5, 5.41) is 0. The Bertz CT molecular complexity index is 1060. The van der Waals surface area contributed by atoms with Crippen LogP contribution < -0.4 is 0 Å². The minimum Gasteiger partial charge on any atom is -0.147 e. The van der Waals surface area contributed by atoms with E-state index < -0.39 is 23.2 Å². The zero-order valence-electron chi connectivity index (χ0n) is 18.5. The van der Waals surface area contributed by atoms with Crippen LogP contribution in [-0.2, 0) is 23.2 Å². The van der Waals surface area contributed by atoms with Crippen LogP contribution in [0.4, 0.5) is 0 Å². The normalized spacial score (nSPS) is 14.8. The molecule has 0 heterocycles. The first kappa shape index (κ1) is 25.6. The number of aryl methyl sites for hydroxylation is 4. The second-order valence-electron chi connectivity index (χ2n) is 8.17. The van der Waals surface area contributed by atoms with Crippen LogP contribution in [0.15, 0.2) is 91.6 Å². The SMILES string of the molecule is C=C1C=CC(c2cc(C)cc(C)c2)=[C]1[Zr][C]1=C(c2cc(C)cc(C)c2)C=CC1=C.Cl.Cl. The zero-order chi connectivity index (χ0) is 20.7. The summed E-state index contributed by atoms with van der Waals surface area (Å²) in [6.45, 7) is 17.4. The van der Waals surface area contributed by atoms with E-state index in [0.29, 0.717) is 0 Å². The molecule has 31 heavy (non-hydrogen) atoms. The van der Waals surface area contributed by atoms with Gasteiger partial charge in [0.15, 0.2) is 0 Å². The van der Waals surface area contributed by atoms with Gasteiger partial charge in [0.05, 0.1) is 0 Å². The van der Waals surface area contributed by atoms with E-state index in [1.54, 1.807) is 0 Å². The first-order chi connectivity index (χ1) is 13.8. The average Bonchev–Trinajstić information content (AvgIpc) is 3.17. The molecule has 0 N–H and O–H groups in total. The molecule has 0 bridgehead atoms. The van der Waals surface area contributed by atoms with Crippen molar-refractivity contribution in [1.82, 2.24) is 0 Å². The molecule has 0 spiro atoms. The molecule has 0 saturated heterocycles. The van der Waals surface area contributed by atoms with Crippen LogP contribution in [0.2, 0.25) is 0 Å². The van der Waals surface area contributed by atoms with E-state index in [4.69, 9.17) is 0 Å². The molecule has 2 aromatic carbocycles. The fraction of sp³-hybridized carbons (Fsp3) is 0.143. The third kappa shape index (κ3) is 5.40. The number of hydrogen-bond acceptors (Lipinski definition) is 0. The third-order valence-electron chi connectivity index (χ3n) is 5.40. The summed E-state index contributed by atoms with van der Waals surface area (Å²) in [5.74, 6) is 0. The molecule has 2 aromatic rings. The quantitative estimate of drug-likeness (QED) is 0.377. The summed E-state index contributed by atoms with van der Waals surface area (Å²) < 4.78 is 2.95. The predicted octanol–water partition coefficient (Wildman–Crippen LogP) is 8.22. The van der Waals surface area contributed by atoms with Crippen LogP contribution in [0.5, 0.6) is 0 Å². The van der Waals surface area contributed by atoms with Crippen molar-refractivity contribution in [3.63, 3.8) is 0 Å². The Morgan fingerprint density at radius 1 is 0.516 bits per heavy atom. The molecule has 2 aliphatic rings. The largest absolute Gasteiger partial charge is 0.147 e. The molecule has 0 nitrogen and oxygen atoms in total. The zero-order valence-corrected chi connectivity index (χ0v) is 22.6. The van der Waals surface area contributed by atoms with Gasteiger partial charge in [-0.05, 0) is 0 Å². The molecule has 0 amide bonds. The monoisotopic (exact) mass is 524 g/mol. The van der Waals surface area contributed by atoms with Crippen LogP contribution in [-0.4, -0.2) is 0 Å². The van der Waals surface area contributed by atoms with Gasteiger partial charge >= 0.3 is 187 Å². The first-order valence-corrected chi connectivity index (χ1v) is 12.5. The second-order valence-corrected chi connectivity index (χ2v) is 11.2. The van der Waals surface area contributed by atoms with E-state index in [1.807, 2.05) is 0 Å². The van der Waals surface area contributed by atoms with Crippen molar-refractivity contribution in [3.8, 4) is 0 Å². The minimum absolute atomic E-state index is 0. The molecule has 2 aliphatic carbocycles. The van der Waals surface area contributed by atoms with E-state index in [9.17, 15) is 0 Å². The van der Waals surface area contributed by atoms with E-state index >= 15 is 0 Å². The van der Waals surface area contributed by atoms with Crippen molar-refractivity contribution < 1.29 is 23.2 Å². The van der Waals surface area contributed by atoms with Crippen LogP contribution in [0.25, 0.3) is 11.1 Å². The summed E-state index contributed by atoms with van der Waals surface area (Å²) in [7, 11) is 0. The molecule has 0 radical (unpaired) electrons.